The minimum absolute atomic E-state index is 0.738. The van der Waals surface area contributed by atoms with Crippen molar-refractivity contribution >= 4 is 21.3 Å². The van der Waals surface area contributed by atoms with Gasteiger partial charge in [0.2, 0.25) is 0 Å². The van der Waals surface area contributed by atoms with Crippen LogP contribution in [0.4, 0.5) is 0 Å². The van der Waals surface area contributed by atoms with Crippen LogP contribution in [0.5, 0.6) is 0 Å². The Morgan fingerprint density at radius 3 is 1.88 bits per heavy atom. The van der Waals surface area contributed by atoms with E-state index in [-0.39, 0.29) is 0 Å². The quantitative estimate of drug-likeness (QED) is 0.557. The van der Waals surface area contributed by atoms with Gasteiger partial charge in [-0.2, -0.15) is 0 Å². The third-order valence-electron chi connectivity index (χ3n) is 3.46. The second-order valence-corrected chi connectivity index (χ2v) is 16.7. The van der Waals surface area contributed by atoms with Crippen LogP contribution in [0.2, 0.25) is 37.9 Å². The first-order valence-electron chi connectivity index (χ1n) is 5.98. The summed E-state index contributed by atoms with van der Waals surface area (Å²) in [5.41, 5.74) is 0. The number of hydrogen-bond acceptors (Lipinski definition) is 0. The van der Waals surface area contributed by atoms with Crippen LogP contribution in [0, 0.1) is 0 Å². The van der Waals surface area contributed by atoms with Crippen LogP contribution in [-0.2, 0) is 0 Å². The third-order valence-corrected chi connectivity index (χ3v) is 13.9. The van der Waals surface area contributed by atoms with Crippen molar-refractivity contribution in [1.29, 1.82) is 0 Å². The van der Waals surface area contributed by atoms with Crippen molar-refractivity contribution < 1.29 is 0 Å². The van der Waals surface area contributed by atoms with E-state index in [0.29, 0.717) is 0 Å². The van der Waals surface area contributed by atoms with Crippen molar-refractivity contribution in [3.8, 4) is 0 Å². The summed E-state index contributed by atoms with van der Waals surface area (Å²) in [4.78, 5) is 0. The van der Waals surface area contributed by atoms with Crippen LogP contribution in [0.1, 0.15) is 0 Å². The molecular weight excluding hydrogens is 224 g/mol. The second-order valence-electron chi connectivity index (χ2n) is 6.17. The summed E-state index contributed by atoms with van der Waals surface area (Å²) in [6.07, 6.45) is 2.23. The molecule has 0 aromatic heterocycles. The van der Waals surface area contributed by atoms with Crippen molar-refractivity contribution in [2.24, 2.45) is 0 Å². The second kappa shape index (κ2) is 4.72. The lowest BCUT2D eigenvalue weighted by molar-refractivity contribution is 1.33. The molecule has 1 aromatic carbocycles. The summed E-state index contributed by atoms with van der Waals surface area (Å²) in [6.45, 7) is 16.4. The number of benzene rings is 1. The molecule has 1 aromatic rings. The molecule has 1 rings (SSSR count). The van der Waals surface area contributed by atoms with E-state index in [1.54, 1.807) is 5.19 Å². The van der Waals surface area contributed by atoms with E-state index in [2.05, 4.69) is 75.7 Å². The zero-order chi connectivity index (χ0) is 12.4. The first-order chi connectivity index (χ1) is 7.30. The minimum Gasteiger partial charge on any atom is -0.103 e. The lowest BCUT2D eigenvalue weighted by atomic mass is 10.4. The van der Waals surface area contributed by atoms with Crippen molar-refractivity contribution in [3.63, 3.8) is 0 Å². The maximum atomic E-state index is 4.09. The molecule has 0 saturated carbocycles. The van der Waals surface area contributed by atoms with E-state index in [1.807, 2.05) is 0 Å². The normalized spacial score (nSPS) is 14.6. The zero-order valence-corrected chi connectivity index (χ0v) is 13.2. The number of hydrogen-bond donors (Lipinski definition) is 0. The first-order valence-corrected chi connectivity index (χ1v) is 12.6. The monoisotopic (exact) mass is 248 g/mol. The average molecular weight is 249 g/mol. The fourth-order valence-electron chi connectivity index (χ4n) is 2.78. The summed E-state index contributed by atoms with van der Waals surface area (Å²) >= 11 is 0. The van der Waals surface area contributed by atoms with E-state index in [9.17, 15) is 0 Å². The Labute approximate surface area is 102 Å². The fourth-order valence-corrected chi connectivity index (χ4v) is 14.6. The molecule has 0 heterocycles. The van der Waals surface area contributed by atoms with Crippen molar-refractivity contribution in [3.05, 3.63) is 43.0 Å². The summed E-state index contributed by atoms with van der Waals surface area (Å²) in [7, 11) is -2.56. The predicted octanol–water partition coefficient (Wildman–Crippen LogP) is 4.04. The molecule has 0 N–H and O–H groups in total. The van der Waals surface area contributed by atoms with Gasteiger partial charge in [0, 0.05) is 8.07 Å². The van der Waals surface area contributed by atoms with Crippen LogP contribution >= 0.6 is 0 Å². The van der Waals surface area contributed by atoms with Gasteiger partial charge in [-0.3, -0.25) is 0 Å². The van der Waals surface area contributed by atoms with Gasteiger partial charge in [0.1, 0.15) is 0 Å². The van der Waals surface area contributed by atoms with Crippen LogP contribution in [-0.4, -0.2) is 16.1 Å². The summed E-state index contributed by atoms with van der Waals surface area (Å²) in [6, 6.07) is 11.0. The Morgan fingerprint density at radius 2 is 1.50 bits per heavy atom. The third kappa shape index (κ3) is 2.74. The van der Waals surface area contributed by atoms with Crippen LogP contribution in [0.25, 0.3) is 0 Å². The summed E-state index contributed by atoms with van der Waals surface area (Å²) in [5.74, 6) is 0. The van der Waals surface area contributed by atoms with Crippen LogP contribution < -0.4 is 5.19 Å². The van der Waals surface area contributed by atoms with Crippen molar-refractivity contribution in [1.82, 2.24) is 0 Å². The highest BCUT2D eigenvalue weighted by Gasteiger charge is 2.39. The minimum atomic E-state index is -1.40. The number of rotatable bonds is 4. The largest absolute Gasteiger partial charge is 0.103 e. The van der Waals surface area contributed by atoms with Gasteiger partial charge in [-0.25, -0.2) is 0 Å². The Morgan fingerprint density at radius 1 is 1.00 bits per heavy atom. The van der Waals surface area contributed by atoms with Gasteiger partial charge >= 0.3 is 0 Å². The molecule has 1 atom stereocenters. The fraction of sp³-hybridized carbons (Fsp3) is 0.429. The zero-order valence-electron chi connectivity index (χ0n) is 11.2. The summed E-state index contributed by atoms with van der Waals surface area (Å²) in [5, 5.41) is 2.30. The highest BCUT2D eigenvalue weighted by molar-refractivity contribution is 7.03. The standard InChI is InChI=1S/C14H24Si2/c1-7-14(15(2,3)4)16(5,6)13-11-9-8-10-12-13/h7-12,14H,1H2,2-6H3. The Balaban J connectivity index is 3.14. The SMILES string of the molecule is C=CC([Si](C)(C)C)[Si](C)(C)c1ccccc1. The molecular formula is C14H24Si2. The van der Waals surface area contributed by atoms with Gasteiger partial charge in [-0.05, 0) is 5.16 Å². The topological polar surface area (TPSA) is 0 Å². The van der Waals surface area contributed by atoms with Gasteiger partial charge in [-0.1, -0.05) is 74.3 Å². The smallest absolute Gasteiger partial charge is 0.0847 e. The van der Waals surface area contributed by atoms with E-state index < -0.39 is 16.1 Å². The maximum Gasteiger partial charge on any atom is 0.0847 e. The van der Waals surface area contributed by atoms with E-state index in [4.69, 9.17) is 0 Å². The molecule has 0 aliphatic carbocycles. The van der Waals surface area contributed by atoms with Crippen LogP contribution in [0.3, 0.4) is 0 Å². The maximum absolute atomic E-state index is 4.09. The lowest BCUT2D eigenvalue weighted by Crippen LogP contribution is -2.53. The van der Waals surface area contributed by atoms with Gasteiger partial charge in [0.15, 0.2) is 0 Å². The molecule has 1 unspecified atom stereocenters. The highest BCUT2D eigenvalue weighted by Crippen LogP contribution is 2.32. The summed E-state index contributed by atoms with van der Waals surface area (Å²) < 4.78 is 0. The van der Waals surface area contributed by atoms with Gasteiger partial charge in [0.05, 0.1) is 8.07 Å². The van der Waals surface area contributed by atoms with Gasteiger partial charge < -0.3 is 0 Å². The molecule has 0 amide bonds. The molecule has 0 radical (unpaired) electrons. The molecule has 0 saturated heterocycles. The molecule has 0 aliphatic rings. The van der Waals surface area contributed by atoms with E-state index in [1.165, 1.54) is 0 Å². The van der Waals surface area contributed by atoms with Crippen molar-refractivity contribution in [2.75, 3.05) is 0 Å². The first kappa shape index (κ1) is 13.5. The van der Waals surface area contributed by atoms with E-state index in [0.717, 1.165) is 5.16 Å². The predicted molar refractivity (Wildman–Crippen MR) is 80.9 cm³/mol. The highest BCUT2D eigenvalue weighted by atomic mass is 28.4. The molecule has 0 spiro atoms. The Kier molecular flexibility index (Phi) is 3.97. The van der Waals surface area contributed by atoms with E-state index >= 15 is 0 Å². The van der Waals surface area contributed by atoms with Gasteiger partial charge in [0.25, 0.3) is 0 Å². The van der Waals surface area contributed by atoms with Gasteiger partial charge in [-0.15, -0.1) is 6.58 Å². The number of allylic oxidation sites excluding steroid dienone is 1. The molecule has 0 aliphatic heterocycles. The molecule has 16 heavy (non-hydrogen) atoms. The molecule has 88 valence electrons. The molecule has 0 fully saturated rings. The van der Waals surface area contributed by atoms with Crippen molar-refractivity contribution in [2.45, 2.75) is 37.9 Å². The Hall–Kier alpha value is -0.606. The van der Waals surface area contributed by atoms with Crippen LogP contribution in [0.15, 0.2) is 43.0 Å². The average Bonchev–Trinajstić information content (AvgIpc) is 2.17. The Bertz CT molecular complexity index is 347. The lowest BCUT2D eigenvalue weighted by Gasteiger charge is -2.38. The molecule has 0 nitrogen and oxygen atoms in total. The molecule has 2 heteroatoms. The molecule has 0 bridgehead atoms.